The second-order valence-electron chi connectivity index (χ2n) is 2.69. The highest BCUT2D eigenvalue weighted by Crippen LogP contribution is 2.14. The molecule has 5 N–H and O–H groups in total. The van der Waals surface area contributed by atoms with Gasteiger partial charge in [-0.15, -0.1) is 15.3 Å². The summed E-state index contributed by atoms with van der Waals surface area (Å²) in [4.78, 5) is 15.4. The van der Waals surface area contributed by atoms with Gasteiger partial charge in [0.05, 0.1) is 5.75 Å². The van der Waals surface area contributed by atoms with Gasteiger partial charge in [0, 0.05) is 0 Å². The maximum Gasteiger partial charge on any atom is 0.236 e. The fourth-order valence-corrected chi connectivity index (χ4v) is 1.95. The van der Waals surface area contributed by atoms with Crippen molar-refractivity contribution in [2.75, 3.05) is 16.5 Å². The summed E-state index contributed by atoms with van der Waals surface area (Å²) in [5.41, 5.74) is 3.85. The first-order valence-electron chi connectivity index (χ1n) is 4.36. The van der Waals surface area contributed by atoms with Gasteiger partial charge in [-0.1, -0.05) is 23.1 Å². The predicted octanol–water partition coefficient (Wildman–Crippen LogP) is -0.327. The molecule has 0 saturated heterocycles. The molecule has 1 amide bonds. The van der Waals surface area contributed by atoms with Gasteiger partial charge in [0.15, 0.2) is 0 Å². The van der Waals surface area contributed by atoms with E-state index < -0.39 is 0 Å². The first-order valence-corrected chi connectivity index (χ1v) is 6.22. The maximum absolute atomic E-state index is 11.5. The maximum atomic E-state index is 11.5. The summed E-state index contributed by atoms with van der Waals surface area (Å²) < 4.78 is 0. The van der Waals surface area contributed by atoms with E-state index in [1.165, 1.54) is 28.6 Å². The Balaban J connectivity index is 1.79. The van der Waals surface area contributed by atoms with Crippen LogP contribution in [0.25, 0.3) is 0 Å². The summed E-state index contributed by atoms with van der Waals surface area (Å²) in [6.45, 7) is 0. The Kier molecular flexibility index (Phi) is 3.85. The number of hydrogen-bond acceptors (Lipinski definition) is 9. The van der Waals surface area contributed by atoms with Crippen molar-refractivity contribution in [2.45, 2.75) is 5.16 Å². The fraction of sp³-hybridized carbons (Fsp3) is 0.167. The molecule has 9 nitrogen and oxygen atoms in total. The van der Waals surface area contributed by atoms with E-state index in [9.17, 15) is 4.79 Å². The lowest BCUT2D eigenvalue weighted by molar-refractivity contribution is -0.113. The molecular formula is C6H8N8OS2. The lowest BCUT2D eigenvalue weighted by Crippen LogP contribution is -2.14. The van der Waals surface area contributed by atoms with E-state index in [2.05, 4.69) is 36.1 Å². The highest BCUT2D eigenvalue weighted by molar-refractivity contribution is 7.99. The Morgan fingerprint density at radius 3 is 3.18 bits per heavy atom. The number of rotatable bonds is 5. The molecule has 0 atom stereocenters. The summed E-state index contributed by atoms with van der Waals surface area (Å²) in [6.07, 6.45) is 0. The largest absolute Gasteiger partial charge is 0.300 e. The van der Waals surface area contributed by atoms with Crippen molar-refractivity contribution >= 4 is 40.1 Å². The first kappa shape index (κ1) is 11.8. The number of nitrogen functional groups attached to an aromatic ring is 1. The zero-order valence-electron chi connectivity index (χ0n) is 8.38. The van der Waals surface area contributed by atoms with Crippen LogP contribution in [0.15, 0.2) is 10.7 Å². The number of hydrazine groups is 1. The fourth-order valence-electron chi connectivity index (χ4n) is 0.888. The number of amides is 1. The van der Waals surface area contributed by atoms with E-state index in [-0.39, 0.29) is 11.7 Å². The molecule has 0 aliphatic heterocycles. The number of anilines is 2. The molecule has 0 spiro atoms. The number of H-pyrrole nitrogens is 1. The average Bonchev–Trinajstić information content (AvgIpc) is 2.96. The molecule has 0 aliphatic carbocycles. The van der Waals surface area contributed by atoms with Gasteiger partial charge in [-0.2, -0.15) is 4.98 Å². The molecule has 11 heteroatoms. The van der Waals surface area contributed by atoms with E-state index in [1.54, 1.807) is 0 Å². The van der Waals surface area contributed by atoms with Gasteiger partial charge in [0.25, 0.3) is 0 Å². The highest BCUT2D eigenvalue weighted by atomic mass is 32.2. The SMILES string of the molecule is NNc1nc(SCC(=O)Nc2nncs2)n[nH]1. The number of aromatic nitrogens is 5. The molecule has 17 heavy (non-hydrogen) atoms. The lowest BCUT2D eigenvalue weighted by atomic mass is 10.7. The molecular weight excluding hydrogens is 264 g/mol. The van der Waals surface area contributed by atoms with Gasteiger partial charge in [-0.25, -0.2) is 10.9 Å². The summed E-state index contributed by atoms with van der Waals surface area (Å²) in [5.74, 6) is 5.45. The minimum Gasteiger partial charge on any atom is -0.300 e. The quantitative estimate of drug-likeness (QED) is 0.330. The van der Waals surface area contributed by atoms with Crippen LogP contribution in [0.1, 0.15) is 0 Å². The molecule has 2 rings (SSSR count). The van der Waals surface area contributed by atoms with Crippen molar-refractivity contribution in [3.8, 4) is 0 Å². The van der Waals surface area contributed by atoms with Crippen LogP contribution in [0.3, 0.4) is 0 Å². The molecule has 0 radical (unpaired) electrons. The van der Waals surface area contributed by atoms with Gasteiger partial charge < -0.3 is 0 Å². The summed E-state index contributed by atoms with van der Waals surface area (Å²) in [5, 5.41) is 17.2. The molecule has 0 aliphatic rings. The molecule has 0 saturated carbocycles. The highest BCUT2D eigenvalue weighted by Gasteiger charge is 2.08. The van der Waals surface area contributed by atoms with Crippen molar-refractivity contribution in [3.63, 3.8) is 0 Å². The number of nitrogens with zero attached hydrogens (tertiary/aromatic N) is 4. The zero-order valence-corrected chi connectivity index (χ0v) is 10.0. The Hall–Kier alpha value is -1.72. The zero-order chi connectivity index (χ0) is 12.1. The second-order valence-corrected chi connectivity index (χ2v) is 4.47. The molecule has 0 fully saturated rings. The van der Waals surface area contributed by atoms with E-state index in [4.69, 9.17) is 5.84 Å². The van der Waals surface area contributed by atoms with E-state index in [1.807, 2.05) is 0 Å². The third-order valence-corrected chi connectivity index (χ3v) is 2.99. The van der Waals surface area contributed by atoms with Crippen LogP contribution in [0.5, 0.6) is 0 Å². The Labute approximate surface area is 104 Å². The molecule has 0 bridgehead atoms. The van der Waals surface area contributed by atoms with E-state index in [0.717, 1.165) is 0 Å². The van der Waals surface area contributed by atoms with Crippen LogP contribution in [0.2, 0.25) is 0 Å². The van der Waals surface area contributed by atoms with Gasteiger partial charge >= 0.3 is 0 Å². The third-order valence-electron chi connectivity index (χ3n) is 1.54. The predicted molar refractivity (Wildman–Crippen MR) is 63.5 cm³/mol. The minimum atomic E-state index is -0.196. The van der Waals surface area contributed by atoms with Crippen LogP contribution in [-0.2, 0) is 4.79 Å². The standard InChI is InChI=1S/C6H8N8OS2/c7-11-4-10-6(14-12-4)16-1-3(15)9-5-13-8-2-17-5/h2H,1,7H2,(H,9,13,15)(H2,10,11,12,14). The topological polar surface area (TPSA) is 134 Å². The molecule has 0 aromatic carbocycles. The number of nitrogens with two attached hydrogens (primary N) is 1. The van der Waals surface area contributed by atoms with Gasteiger partial charge in [-0.05, 0) is 0 Å². The molecule has 90 valence electrons. The first-order chi connectivity index (χ1) is 8.28. The number of carbonyl (C=O) groups is 1. The number of carbonyl (C=O) groups excluding carboxylic acids is 1. The van der Waals surface area contributed by atoms with Crippen LogP contribution < -0.4 is 16.6 Å². The summed E-state index contributed by atoms with van der Waals surface area (Å²) in [7, 11) is 0. The molecule has 2 aromatic heterocycles. The van der Waals surface area contributed by atoms with E-state index >= 15 is 0 Å². The second kappa shape index (κ2) is 5.56. The average molecular weight is 272 g/mol. The van der Waals surface area contributed by atoms with Gasteiger partial charge in [0.1, 0.15) is 5.51 Å². The number of nitrogens with one attached hydrogen (secondary N) is 3. The number of aromatic amines is 1. The van der Waals surface area contributed by atoms with Crippen LogP contribution in [0, 0.1) is 0 Å². The Morgan fingerprint density at radius 2 is 2.53 bits per heavy atom. The van der Waals surface area contributed by atoms with Crippen molar-refractivity contribution in [1.29, 1.82) is 0 Å². The Bertz CT molecular complexity index is 482. The smallest absolute Gasteiger partial charge is 0.236 e. The van der Waals surface area contributed by atoms with Crippen LogP contribution in [-0.4, -0.2) is 37.0 Å². The van der Waals surface area contributed by atoms with Crippen LogP contribution in [0.4, 0.5) is 11.1 Å². The summed E-state index contributed by atoms with van der Waals surface area (Å²) >= 11 is 2.44. The van der Waals surface area contributed by atoms with Crippen molar-refractivity contribution in [1.82, 2.24) is 25.4 Å². The molecule has 0 unspecified atom stereocenters. The summed E-state index contributed by atoms with van der Waals surface area (Å²) in [6, 6.07) is 0. The Morgan fingerprint density at radius 1 is 1.65 bits per heavy atom. The van der Waals surface area contributed by atoms with Crippen LogP contribution >= 0.6 is 23.1 Å². The number of thioether (sulfide) groups is 1. The normalized spacial score (nSPS) is 10.2. The van der Waals surface area contributed by atoms with Gasteiger partial charge in [0.2, 0.25) is 22.1 Å². The monoisotopic (exact) mass is 272 g/mol. The van der Waals surface area contributed by atoms with Crippen molar-refractivity contribution < 1.29 is 4.79 Å². The molecule has 2 aromatic rings. The van der Waals surface area contributed by atoms with E-state index in [0.29, 0.717) is 16.2 Å². The molecule has 2 heterocycles. The third kappa shape index (κ3) is 3.37. The minimum absolute atomic E-state index is 0.182. The lowest BCUT2D eigenvalue weighted by Gasteiger charge is -1.97. The van der Waals surface area contributed by atoms with Crippen molar-refractivity contribution in [3.05, 3.63) is 5.51 Å². The van der Waals surface area contributed by atoms with Gasteiger partial charge in [-0.3, -0.25) is 15.5 Å². The number of hydrogen-bond donors (Lipinski definition) is 4. The van der Waals surface area contributed by atoms with Crippen molar-refractivity contribution in [2.24, 2.45) is 5.84 Å².